The monoisotopic (exact) mass is 455 g/mol. The maximum Gasteiger partial charge on any atom is 0.334 e. The highest BCUT2D eigenvalue weighted by molar-refractivity contribution is 5.97. The van der Waals surface area contributed by atoms with Crippen LogP contribution in [0.1, 0.15) is 21.5 Å². The number of aromatic nitrogens is 2. The number of hydrogen-bond acceptors (Lipinski definition) is 5. The van der Waals surface area contributed by atoms with E-state index in [1.807, 2.05) is 36.5 Å². The number of carbonyl (C=O) groups is 2. The van der Waals surface area contributed by atoms with Crippen LogP contribution in [0.15, 0.2) is 85.8 Å². The van der Waals surface area contributed by atoms with Crippen molar-refractivity contribution in [3.8, 4) is 11.5 Å². The number of carbonyl (C=O) groups excluding carboxylic acids is 2. The molecule has 1 unspecified atom stereocenters. The van der Waals surface area contributed by atoms with E-state index in [1.165, 1.54) is 13.3 Å². The Balaban J connectivity index is 1.63. The second-order valence-corrected chi connectivity index (χ2v) is 7.73. The van der Waals surface area contributed by atoms with Crippen LogP contribution in [0.5, 0.6) is 11.5 Å². The number of benzene rings is 2. The lowest BCUT2D eigenvalue weighted by atomic mass is 10.0. The second-order valence-electron chi connectivity index (χ2n) is 7.73. The van der Waals surface area contributed by atoms with E-state index in [-0.39, 0.29) is 12.2 Å². The van der Waals surface area contributed by atoms with E-state index < -0.39 is 17.9 Å². The van der Waals surface area contributed by atoms with Gasteiger partial charge in [-0.05, 0) is 47.9 Å². The second kappa shape index (κ2) is 10.5. The number of hydrogen-bond donors (Lipinski definition) is 2. The Bertz CT molecular complexity index is 1310. The van der Waals surface area contributed by atoms with Crippen molar-refractivity contribution in [3.05, 3.63) is 103 Å². The van der Waals surface area contributed by atoms with Crippen LogP contribution < -0.4 is 14.8 Å². The van der Waals surface area contributed by atoms with E-state index in [1.54, 1.807) is 36.5 Å². The first kappa shape index (κ1) is 22.8. The Morgan fingerprint density at radius 3 is 2.76 bits per heavy atom. The molecule has 0 saturated heterocycles. The molecule has 4 aromatic rings. The molecule has 0 aliphatic heterocycles. The molecule has 0 fully saturated rings. The van der Waals surface area contributed by atoms with Gasteiger partial charge in [-0.2, -0.15) is 0 Å². The van der Waals surface area contributed by atoms with Crippen molar-refractivity contribution in [3.63, 3.8) is 0 Å². The average molecular weight is 456 g/mol. The number of amides is 1. The van der Waals surface area contributed by atoms with Crippen LogP contribution in [-0.4, -0.2) is 35.0 Å². The lowest BCUT2D eigenvalue weighted by molar-refractivity contribution is -0.136. The number of aromatic amines is 1. The van der Waals surface area contributed by atoms with E-state index in [2.05, 4.69) is 21.9 Å². The Labute approximate surface area is 197 Å². The van der Waals surface area contributed by atoms with Gasteiger partial charge in [-0.3, -0.25) is 9.78 Å². The molecule has 2 heterocycles. The molecular weight excluding hydrogens is 430 g/mol. The zero-order chi connectivity index (χ0) is 23.9. The van der Waals surface area contributed by atoms with Gasteiger partial charge in [0.2, 0.25) is 0 Å². The van der Waals surface area contributed by atoms with Crippen LogP contribution in [0.4, 0.5) is 0 Å². The van der Waals surface area contributed by atoms with Crippen LogP contribution in [-0.2, 0) is 17.6 Å². The van der Waals surface area contributed by atoms with Crippen molar-refractivity contribution in [2.45, 2.75) is 18.9 Å². The van der Waals surface area contributed by atoms with Gasteiger partial charge in [-0.15, -0.1) is 6.58 Å². The van der Waals surface area contributed by atoms with E-state index in [9.17, 15) is 9.59 Å². The summed E-state index contributed by atoms with van der Waals surface area (Å²) in [5.74, 6) is -0.309. The topological polar surface area (TPSA) is 93.3 Å². The highest BCUT2D eigenvalue weighted by Crippen LogP contribution is 2.29. The number of H-pyrrole nitrogens is 1. The number of esters is 1. The summed E-state index contributed by atoms with van der Waals surface area (Å²) in [5.41, 5.74) is 3.11. The van der Waals surface area contributed by atoms with Gasteiger partial charge < -0.3 is 19.8 Å². The third-order valence-corrected chi connectivity index (χ3v) is 5.43. The maximum absolute atomic E-state index is 13.3. The lowest BCUT2D eigenvalue weighted by Crippen LogP contribution is -2.44. The molecule has 0 aliphatic rings. The number of rotatable bonds is 9. The Morgan fingerprint density at radius 1 is 1.15 bits per heavy atom. The van der Waals surface area contributed by atoms with Crippen LogP contribution in [0, 0.1) is 0 Å². The number of pyridine rings is 1. The fourth-order valence-electron chi connectivity index (χ4n) is 3.73. The fraction of sp³-hybridized carbons (Fsp3) is 0.148. The van der Waals surface area contributed by atoms with Crippen LogP contribution in [0.2, 0.25) is 0 Å². The molecule has 0 aliphatic carbocycles. The molecule has 1 atom stereocenters. The van der Waals surface area contributed by atoms with Gasteiger partial charge in [0.1, 0.15) is 6.04 Å². The summed E-state index contributed by atoms with van der Waals surface area (Å²) < 4.78 is 11.1. The van der Waals surface area contributed by atoms with E-state index >= 15 is 0 Å². The molecule has 7 heteroatoms. The Kier molecular flexibility index (Phi) is 7.03. The molecule has 0 saturated carbocycles. The van der Waals surface area contributed by atoms with Gasteiger partial charge >= 0.3 is 5.97 Å². The predicted octanol–water partition coefficient (Wildman–Crippen LogP) is 4.25. The van der Waals surface area contributed by atoms with Gasteiger partial charge in [0.25, 0.3) is 5.91 Å². The first-order valence-corrected chi connectivity index (χ1v) is 10.8. The Morgan fingerprint density at radius 2 is 2.00 bits per heavy atom. The van der Waals surface area contributed by atoms with Crippen molar-refractivity contribution >= 4 is 22.8 Å². The quantitative estimate of drug-likeness (QED) is 0.224. The summed E-state index contributed by atoms with van der Waals surface area (Å²) in [5, 5.41) is 3.78. The van der Waals surface area contributed by atoms with Crippen molar-refractivity contribution in [1.82, 2.24) is 15.3 Å². The molecule has 2 aromatic carbocycles. The molecular formula is C27H25N3O4. The molecule has 0 radical (unpaired) electrons. The summed E-state index contributed by atoms with van der Waals surface area (Å²) >= 11 is 0. The molecule has 172 valence electrons. The highest BCUT2D eigenvalue weighted by atomic mass is 16.6. The minimum atomic E-state index is -0.945. The summed E-state index contributed by atoms with van der Waals surface area (Å²) in [6.45, 7) is 3.75. The SMILES string of the molecule is C=CCc1ccc(OC)c(OC(=O)C(Cc2c[nH]c3ccccc23)NC(=O)c2cccnc2)c1. The van der Waals surface area contributed by atoms with Crippen LogP contribution >= 0.6 is 0 Å². The van der Waals surface area contributed by atoms with Crippen molar-refractivity contribution in [2.24, 2.45) is 0 Å². The lowest BCUT2D eigenvalue weighted by Gasteiger charge is -2.19. The first-order chi connectivity index (χ1) is 16.6. The highest BCUT2D eigenvalue weighted by Gasteiger charge is 2.26. The predicted molar refractivity (Wildman–Crippen MR) is 130 cm³/mol. The number of nitrogens with zero attached hydrogens (tertiary/aromatic N) is 1. The molecule has 2 N–H and O–H groups in total. The molecule has 2 aromatic heterocycles. The first-order valence-electron chi connectivity index (χ1n) is 10.8. The number of methoxy groups -OCH3 is 1. The number of para-hydroxylation sites is 1. The van der Waals surface area contributed by atoms with Gasteiger partial charge in [-0.25, -0.2) is 4.79 Å². The smallest absolute Gasteiger partial charge is 0.334 e. The summed E-state index contributed by atoms with van der Waals surface area (Å²) in [7, 11) is 1.51. The van der Waals surface area contributed by atoms with Crippen LogP contribution in [0.25, 0.3) is 10.9 Å². The molecule has 7 nitrogen and oxygen atoms in total. The largest absolute Gasteiger partial charge is 0.493 e. The zero-order valence-electron chi connectivity index (χ0n) is 18.8. The number of nitrogens with one attached hydrogen (secondary N) is 2. The maximum atomic E-state index is 13.3. The fourth-order valence-corrected chi connectivity index (χ4v) is 3.73. The summed E-state index contributed by atoms with van der Waals surface area (Å²) in [6.07, 6.45) is 7.49. The molecule has 4 rings (SSSR count). The summed E-state index contributed by atoms with van der Waals surface area (Å²) in [6, 6.07) is 15.5. The average Bonchev–Trinajstić information content (AvgIpc) is 3.27. The number of ether oxygens (including phenoxy) is 2. The van der Waals surface area contributed by atoms with Gasteiger partial charge in [0, 0.05) is 35.9 Å². The van der Waals surface area contributed by atoms with Gasteiger partial charge in [-0.1, -0.05) is 30.3 Å². The molecule has 1 amide bonds. The minimum Gasteiger partial charge on any atom is -0.493 e. The third-order valence-electron chi connectivity index (χ3n) is 5.43. The van der Waals surface area contributed by atoms with E-state index in [0.717, 1.165) is 22.0 Å². The van der Waals surface area contributed by atoms with E-state index in [0.29, 0.717) is 17.7 Å². The van der Waals surface area contributed by atoms with Crippen molar-refractivity contribution in [1.29, 1.82) is 0 Å². The molecule has 34 heavy (non-hydrogen) atoms. The van der Waals surface area contributed by atoms with Gasteiger partial charge in [0.15, 0.2) is 11.5 Å². The van der Waals surface area contributed by atoms with E-state index in [4.69, 9.17) is 9.47 Å². The molecule has 0 bridgehead atoms. The molecule has 0 spiro atoms. The van der Waals surface area contributed by atoms with Crippen molar-refractivity contribution in [2.75, 3.05) is 7.11 Å². The van der Waals surface area contributed by atoms with Gasteiger partial charge in [0.05, 0.1) is 12.7 Å². The number of allylic oxidation sites excluding steroid dienone is 1. The standard InChI is InChI=1S/C27H25N3O4/c1-3-7-18-11-12-24(33-2)25(14-18)34-27(32)23(30-26(31)19-8-6-13-28-16-19)15-20-17-29-22-10-5-4-9-21(20)22/h3-6,8-14,16-17,23,29H,1,7,15H2,2H3,(H,30,31). The minimum absolute atomic E-state index is 0.240. The Hall–Kier alpha value is -4.39. The number of fused-ring (bicyclic) bond motifs is 1. The van der Waals surface area contributed by atoms with Crippen molar-refractivity contribution < 1.29 is 19.1 Å². The summed E-state index contributed by atoms with van der Waals surface area (Å²) in [4.78, 5) is 33.4. The third kappa shape index (κ3) is 5.15. The zero-order valence-corrected chi connectivity index (χ0v) is 18.8. The van der Waals surface area contributed by atoms with Crippen LogP contribution in [0.3, 0.4) is 0 Å². The normalized spacial score (nSPS) is 11.6.